The Balaban J connectivity index is 1.50. The number of para-hydroxylation sites is 4. The van der Waals surface area contributed by atoms with Crippen molar-refractivity contribution in [1.29, 1.82) is 10.5 Å². The van der Waals surface area contributed by atoms with E-state index in [4.69, 9.17) is 0 Å². The Morgan fingerprint density at radius 3 is 1.56 bits per heavy atom. The molecule has 0 saturated heterocycles. The van der Waals surface area contributed by atoms with Gasteiger partial charge in [-0.2, -0.15) is 10.5 Å². The molecule has 6 heteroatoms. The average Bonchev–Trinajstić information content (AvgIpc) is 3.45. The molecule has 0 amide bonds. The van der Waals surface area contributed by atoms with Crippen molar-refractivity contribution in [3.8, 4) is 12.1 Å². The van der Waals surface area contributed by atoms with E-state index in [-0.39, 0.29) is 0 Å². The molecule has 0 aliphatic heterocycles. The quantitative estimate of drug-likeness (QED) is 0.377. The fourth-order valence-corrected chi connectivity index (χ4v) is 3.54. The topological polar surface area (TPSA) is 105 Å². The Kier molecular flexibility index (Phi) is 4.80. The van der Waals surface area contributed by atoms with Crippen molar-refractivity contribution in [2.75, 3.05) is 0 Å². The molecule has 0 unspecified atom stereocenters. The maximum absolute atomic E-state index is 9.69. The standard InChI is InChI=1S/C26H16N6/c27-15-19(25-29-21-8-1-2-9-22(21)30-25)13-17-6-5-7-18(12-17)14-20(16-28)26-31-23-10-3-4-11-24(23)32-26/h1-14H,(H,29,30)(H,31,32)/b19-13+,20-14+. The minimum Gasteiger partial charge on any atom is -0.337 e. The first kappa shape index (κ1) is 19.0. The van der Waals surface area contributed by atoms with Crippen LogP contribution < -0.4 is 0 Å². The van der Waals surface area contributed by atoms with Crippen LogP contribution in [0.15, 0.2) is 72.8 Å². The molecule has 0 fully saturated rings. The molecule has 2 heterocycles. The number of aromatic nitrogens is 4. The number of hydrogen-bond donors (Lipinski definition) is 2. The number of nitrogens with one attached hydrogen (secondary N) is 2. The Morgan fingerprint density at radius 1 is 0.656 bits per heavy atom. The lowest BCUT2D eigenvalue weighted by atomic mass is 10.1. The normalized spacial score (nSPS) is 12.1. The average molecular weight is 412 g/mol. The van der Waals surface area contributed by atoms with Crippen molar-refractivity contribution < 1.29 is 0 Å². The third-order valence-electron chi connectivity index (χ3n) is 5.06. The molecule has 0 aliphatic carbocycles. The monoisotopic (exact) mass is 412 g/mol. The predicted octanol–water partition coefficient (Wildman–Crippen LogP) is 5.57. The maximum Gasteiger partial charge on any atom is 0.149 e. The van der Waals surface area contributed by atoms with E-state index in [0.29, 0.717) is 22.8 Å². The molecule has 32 heavy (non-hydrogen) atoms. The molecule has 5 rings (SSSR count). The number of benzene rings is 3. The second kappa shape index (κ2) is 8.06. The van der Waals surface area contributed by atoms with E-state index in [1.807, 2.05) is 72.8 Å². The van der Waals surface area contributed by atoms with Crippen molar-refractivity contribution >= 4 is 45.4 Å². The van der Waals surface area contributed by atoms with Crippen LogP contribution in [-0.4, -0.2) is 19.9 Å². The molecule has 2 aromatic heterocycles. The van der Waals surface area contributed by atoms with Crippen LogP contribution in [0, 0.1) is 22.7 Å². The van der Waals surface area contributed by atoms with Gasteiger partial charge in [0.1, 0.15) is 23.8 Å². The molecule has 5 aromatic rings. The van der Waals surface area contributed by atoms with Gasteiger partial charge in [0.25, 0.3) is 0 Å². The summed E-state index contributed by atoms with van der Waals surface area (Å²) in [6.45, 7) is 0. The summed E-state index contributed by atoms with van der Waals surface area (Å²) in [5, 5.41) is 19.4. The highest BCUT2D eigenvalue weighted by Gasteiger charge is 2.09. The first-order valence-corrected chi connectivity index (χ1v) is 9.97. The van der Waals surface area contributed by atoms with Crippen LogP contribution in [0.3, 0.4) is 0 Å². The number of rotatable bonds is 4. The number of fused-ring (bicyclic) bond motifs is 2. The number of imidazole rings is 2. The smallest absolute Gasteiger partial charge is 0.149 e. The van der Waals surface area contributed by atoms with Gasteiger partial charge in [0.2, 0.25) is 0 Å². The lowest BCUT2D eigenvalue weighted by Gasteiger charge is -2.00. The first-order valence-electron chi connectivity index (χ1n) is 9.97. The minimum absolute atomic E-state index is 0.431. The van der Waals surface area contributed by atoms with Crippen LogP contribution in [0.2, 0.25) is 0 Å². The van der Waals surface area contributed by atoms with Gasteiger partial charge in [-0.3, -0.25) is 0 Å². The SMILES string of the molecule is N#C/C(=C\c1cccc(/C=C(\C#N)c2nc3ccccc3[nH]2)c1)c1nc2ccccc2[nH]1. The van der Waals surface area contributed by atoms with Crippen LogP contribution in [0.25, 0.3) is 45.4 Å². The van der Waals surface area contributed by atoms with Crippen LogP contribution in [0.5, 0.6) is 0 Å². The molecular formula is C26H16N6. The van der Waals surface area contributed by atoms with Crippen LogP contribution in [0.4, 0.5) is 0 Å². The van der Waals surface area contributed by atoms with Gasteiger partial charge < -0.3 is 9.97 Å². The van der Waals surface area contributed by atoms with Crippen LogP contribution >= 0.6 is 0 Å². The van der Waals surface area contributed by atoms with E-state index in [1.54, 1.807) is 12.2 Å². The second-order valence-corrected chi connectivity index (χ2v) is 7.21. The summed E-state index contributed by atoms with van der Waals surface area (Å²) < 4.78 is 0. The molecule has 2 N–H and O–H groups in total. The fourth-order valence-electron chi connectivity index (χ4n) is 3.54. The van der Waals surface area contributed by atoms with Crippen LogP contribution in [-0.2, 0) is 0 Å². The highest BCUT2D eigenvalue weighted by Crippen LogP contribution is 2.22. The number of nitrogens with zero attached hydrogens (tertiary/aromatic N) is 4. The maximum atomic E-state index is 9.69. The van der Waals surface area contributed by atoms with E-state index in [1.165, 1.54) is 0 Å². The van der Waals surface area contributed by atoms with Crippen molar-refractivity contribution in [2.45, 2.75) is 0 Å². The molecule has 0 atom stereocenters. The summed E-state index contributed by atoms with van der Waals surface area (Å²) >= 11 is 0. The van der Waals surface area contributed by atoms with E-state index >= 15 is 0 Å². The lowest BCUT2D eigenvalue weighted by molar-refractivity contribution is 1.27. The van der Waals surface area contributed by atoms with E-state index in [2.05, 4.69) is 32.1 Å². The van der Waals surface area contributed by atoms with Gasteiger partial charge in [0, 0.05) is 0 Å². The highest BCUT2D eigenvalue weighted by atomic mass is 14.9. The van der Waals surface area contributed by atoms with E-state index < -0.39 is 0 Å². The number of allylic oxidation sites excluding steroid dienone is 2. The van der Waals surface area contributed by atoms with Crippen LogP contribution in [0.1, 0.15) is 22.8 Å². The zero-order valence-electron chi connectivity index (χ0n) is 16.9. The number of H-pyrrole nitrogens is 2. The third kappa shape index (κ3) is 3.65. The zero-order valence-corrected chi connectivity index (χ0v) is 16.9. The highest BCUT2D eigenvalue weighted by molar-refractivity contribution is 5.92. The predicted molar refractivity (Wildman–Crippen MR) is 126 cm³/mol. The molecule has 0 radical (unpaired) electrons. The minimum atomic E-state index is 0.431. The van der Waals surface area contributed by atoms with Crippen molar-refractivity contribution in [3.05, 3.63) is 95.6 Å². The van der Waals surface area contributed by atoms with Gasteiger partial charge in [-0.15, -0.1) is 0 Å². The molecule has 0 saturated carbocycles. The molecule has 3 aromatic carbocycles. The summed E-state index contributed by atoms with van der Waals surface area (Å²) in [7, 11) is 0. The van der Waals surface area contributed by atoms with Gasteiger partial charge in [0.15, 0.2) is 0 Å². The first-order chi connectivity index (χ1) is 15.7. The van der Waals surface area contributed by atoms with Gasteiger partial charge in [0.05, 0.1) is 33.2 Å². The van der Waals surface area contributed by atoms with Gasteiger partial charge in [-0.1, -0.05) is 42.5 Å². The summed E-state index contributed by atoms with van der Waals surface area (Å²) in [4.78, 5) is 15.4. The Labute approximate surface area is 183 Å². The summed E-state index contributed by atoms with van der Waals surface area (Å²) in [5.74, 6) is 1.05. The number of nitriles is 2. The Hall–Kier alpha value is -4.94. The van der Waals surface area contributed by atoms with Gasteiger partial charge >= 0.3 is 0 Å². The molecule has 0 bridgehead atoms. The van der Waals surface area contributed by atoms with E-state index in [9.17, 15) is 10.5 Å². The van der Waals surface area contributed by atoms with Crippen molar-refractivity contribution in [2.24, 2.45) is 0 Å². The zero-order chi connectivity index (χ0) is 21.9. The Morgan fingerprint density at radius 2 is 1.12 bits per heavy atom. The van der Waals surface area contributed by atoms with Crippen molar-refractivity contribution in [1.82, 2.24) is 19.9 Å². The molecule has 150 valence electrons. The second-order valence-electron chi connectivity index (χ2n) is 7.21. The van der Waals surface area contributed by atoms with Gasteiger partial charge in [-0.05, 0) is 53.6 Å². The number of aromatic amines is 2. The molecule has 0 aliphatic rings. The molecular weight excluding hydrogens is 396 g/mol. The van der Waals surface area contributed by atoms with E-state index in [0.717, 1.165) is 33.2 Å². The largest absolute Gasteiger partial charge is 0.337 e. The summed E-state index contributed by atoms with van der Waals surface area (Å²) in [5.41, 5.74) is 5.90. The number of hydrogen-bond acceptors (Lipinski definition) is 4. The lowest BCUT2D eigenvalue weighted by Crippen LogP contribution is -1.87. The van der Waals surface area contributed by atoms with Crippen molar-refractivity contribution in [3.63, 3.8) is 0 Å². The fraction of sp³-hybridized carbons (Fsp3) is 0. The molecule has 6 nitrogen and oxygen atoms in total. The molecule has 0 spiro atoms. The summed E-state index contributed by atoms with van der Waals surface area (Å²) in [6.07, 6.45) is 3.56. The summed E-state index contributed by atoms with van der Waals surface area (Å²) in [6, 6.07) is 27.4. The third-order valence-corrected chi connectivity index (χ3v) is 5.06. The van der Waals surface area contributed by atoms with Gasteiger partial charge in [-0.25, -0.2) is 9.97 Å². The Bertz CT molecular complexity index is 1420.